The molecule has 3 aromatic heterocycles. The average Bonchev–Trinajstić information content (AvgIpc) is 3.35. The fraction of sp³-hybridized carbons (Fsp3) is 0.158. The van der Waals surface area contributed by atoms with Gasteiger partial charge in [0.2, 0.25) is 5.91 Å². The number of halogens is 2. The molecule has 0 atom stereocenters. The maximum absolute atomic E-state index is 12.4. The standard InChI is InChI=1S/C19H15Cl2N5O2S2/c20-14-3-1-2-12(18(14)21)9-26-15(4-5-22-26)24-16(27)11-29-10-13-8-17(28)25-6-7-30-19(25)23-13/h1-8H,9-11H2,(H,24,27). The van der Waals surface area contributed by atoms with Crippen LogP contribution in [-0.2, 0) is 17.1 Å². The quantitative estimate of drug-likeness (QED) is 0.429. The molecule has 0 aliphatic carbocycles. The summed E-state index contributed by atoms with van der Waals surface area (Å²) in [6, 6.07) is 8.60. The first-order valence-corrected chi connectivity index (χ1v) is 11.6. The van der Waals surface area contributed by atoms with Gasteiger partial charge in [-0.2, -0.15) is 5.10 Å². The summed E-state index contributed by atoms with van der Waals surface area (Å²) in [4.78, 5) is 29.5. The molecule has 0 bridgehead atoms. The normalized spacial score (nSPS) is 11.1. The molecular weight excluding hydrogens is 465 g/mol. The molecule has 30 heavy (non-hydrogen) atoms. The van der Waals surface area contributed by atoms with Crippen molar-refractivity contribution in [3.05, 3.63) is 79.8 Å². The van der Waals surface area contributed by atoms with Gasteiger partial charge in [0.1, 0.15) is 5.82 Å². The summed E-state index contributed by atoms with van der Waals surface area (Å²) in [5.41, 5.74) is 1.34. The molecule has 0 radical (unpaired) electrons. The minimum absolute atomic E-state index is 0.120. The lowest BCUT2D eigenvalue weighted by atomic mass is 10.2. The van der Waals surface area contributed by atoms with Crippen LogP contribution < -0.4 is 10.9 Å². The van der Waals surface area contributed by atoms with Gasteiger partial charge >= 0.3 is 0 Å². The predicted molar refractivity (Wildman–Crippen MR) is 122 cm³/mol. The van der Waals surface area contributed by atoms with E-state index in [1.165, 1.54) is 33.6 Å². The fourth-order valence-electron chi connectivity index (χ4n) is 2.79. The Kier molecular flexibility index (Phi) is 6.43. The topological polar surface area (TPSA) is 81.3 Å². The van der Waals surface area contributed by atoms with E-state index in [1.807, 2.05) is 17.5 Å². The summed E-state index contributed by atoms with van der Waals surface area (Å²) in [6.07, 6.45) is 3.30. The second-order valence-electron chi connectivity index (χ2n) is 6.27. The van der Waals surface area contributed by atoms with Crippen molar-refractivity contribution in [2.45, 2.75) is 12.3 Å². The Morgan fingerprint density at radius 2 is 2.13 bits per heavy atom. The first-order valence-electron chi connectivity index (χ1n) is 8.79. The van der Waals surface area contributed by atoms with Crippen LogP contribution in [0.3, 0.4) is 0 Å². The number of nitrogens with one attached hydrogen (secondary N) is 1. The zero-order valence-corrected chi connectivity index (χ0v) is 18.6. The van der Waals surface area contributed by atoms with Gasteiger partial charge < -0.3 is 5.32 Å². The van der Waals surface area contributed by atoms with Crippen LogP contribution >= 0.6 is 46.3 Å². The number of rotatable bonds is 7. The van der Waals surface area contributed by atoms with Crippen LogP contribution in [0.2, 0.25) is 10.0 Å². The number of hydrogen-bond donors (Lipinski definition) is 1. The zero-order chi connectivity index (χ0) is 21.1. The van der Waals surface area contributed by atoms with Crippen LogP contribution in [0, 0.1) is 0 Å². The molecule has 7 nitrogen and oxygen atoms in total. The molecule has 3 heterocycles. The van der Waals surface area contributed by atoms with Gasteiger partial charge in [0, 0.05) is 29.5 Å². The molecule has 0 saturated carbocycles. The lowest BCUT2D eigenvalue weighted by Crippen LogP contribution is -2.18. The van der Waals surface area contributed by atoms with Crippen molar-refractivity contribution in [3.8, 4) is 0 Å². The van der Waals surface area contributed by atoms with Gasteiger partial charge in [-0.3, -0.25) is 14.0 Å². The molecule has 0 unspecified atom stereocenters. The smallest absolute Gasteiger partial charge is 0.258 e. The van der Waals surface area contributed by atoms with Crippen LogP contribution in [-0.4, -0.2) is 30.8 Å². The third-order valence-electron chi connectivity index (χ3n) is 4.18. The summed E-state index contributed by atoms with van der Waals surface area (Å²) < 4.78 is 3.15. The van der Waals surface area contributed by atoms with Gasteiger partial charge in [-0.1, -0.05) is 35.3 Å². The Labute approximate surface area is 189 Å². The number of aromatic nitrogens is 4. The Morgan fingerprint density at radius 3 is 3.00 bits per heavy atom. The van der Waals surface area contributed by atoms with Crippen molar-refractivity contribution < 1.29 is 4.79 Å². The van der Waals surface area contributed by atoms with Gasteiger partial charge in [-0.15, -0.1) is 23.1 Å². The number of nitrogens with zero attached hydrogens (tertiary/aromatic N) is 4. The minimum Gasteiger partial charge on any atom is -0.310 e. The lowest BCUT2D eigenvalue weighted by Gasteiger charge is -2.11. The Morgan fingerprint density at radius 1 is 1.27 bits per heavy atom. The molecule has 4 rings (SSSR count). The monoisotopic (exact) mass is 479 g/mol. The Balaban J connectivity index is 1.35. The molecule has 1 N–H and O–H groups in total. The number of fused-ring (bicyclic) bond motifs is 1. The third kappa shape index (κ3) is 4.70. The lowest BCUT2D eigenvalue weighted by molar-refractivity contribution is -0.113. The van der Waals surface area contributed by atoms with Crippen molar-refractivity contribution in [2.75, 3.05) is 11.1 Å². The van der Waals surface area contributed by atoms with E-state index >= 15 is 0 Å². The summed E-state index contributed by atoms with van der Waals surface area (Å²) in [5, 5.41) is 9.84. The number of thiazole rings is 1. The largest absolute Gasteiger partial charge is 0.310 e. The number of carbonyl (C=O) groups excluding carboxylic acids is 1. The zero-order valence-electron chi connectivity index (χ0n) is 15.4. The molecule has 11 heteroatoms. The van der Waals surface area contributed by atoms with Crippen LogP contribution in [0.5, 0.6) is 0 Å². The SMILES string of the molecule is O=C(CSCc1cc(=O)n2ccsc2n1)Nc1ccnn1Cc1cccc(Cl)c1Cl. The number of carbonyl (C=O) groups is 1. The second kappa shape index (κ2) is 9.22. The van der Waals surface area contributed by atoms with Crippen molar-refractivity contribution >= 4 is 63.0 Å². The summed E-state index contributed by atoms with van der Waals surface area (Å²) in [6.45, 7) is 0.379. The molecule has 0 aliphatic rings. The van der Waals surface area contributed by atoms with Crippen molar-refractivity contribution in [1.29, 1.82) is 0 Å². The highest BCUT2D eigenvalue weighted by Gasteiger charge is 2.11. The van der Waals surface area contributed by atoms with Gasteiger partial charge in [-0.05, 0) is 11.6 Å². The van der Waals surface area contributed by atoms with E-state index in [9.17, 15) is 9.59 Å². The first-order chi connectivity index (χ1) is 14.5. The predicted octanol–water partition coefficient (Wildman–Crippen LogP) is 4.18. The average molecular weight is 480 g/mol. The highest BCUT2D eigenvalue weighted by Crippen LogP contribution is 2.26. The van der Waals surface area contributed by atoms with E-state index in [4.69, 9.17) is 23.2 Å². The molecular formula is C19H15Cl2N5O2S2. The van der Waals surface area contributed by atoms with Gasteiger partial charge in [-0.25, -0.2) is 9.67 Å². The van der Waals surface area contributed by atoms with Crippen LogP contribution in [0.4, 0.5) is 5.82 Å². The minimum atomic E-state index is -0.173. The van der Waals surface area contributed by atoms with E-state index in [2.05, 4.69) is 15.4 Å². The highest BCUT2D eigenvalue weighted by molar-refractivity contribution is 7.99. The van der Waals surface area contributed by atoms with Crippen molar-refractivity contribution in [2.24, 2.45) is 0 Å². The van der Waals surface area contributed by atoms with E-state index in [0.717, 1.165) is 5.56 Å². The van der Waals surface area contributed by atoms with Gasteiger partial charge in [0.05, 0.1) is 34.2 Å². The third-order valence-corrected chi connectivity index (χ3v) is 6.76. The van der Waals surface area contributed by atoms with Crippen LogP contribution in [0.15, 0.2) is 52.9 Å². The van der Waals surface area contributed by atoms with E-state index in [-0.39, 0.29) is 17.2 Å². The number of anilines is 1. The maximum atomic E-state index is 12.4. The van der Waals surface area contributed by atoms with Crippen molar-refractivity contribution in [1.82, 2.24) is 19.2 Å². The molecule has 0 spiro atoms. The highest BCUT2D eigenvalue weighted by atomic mass is 35.5. The molecule has 0 fully saturated rings. The number of amides is 1. The molecule has 1 aromatic carbocycles. The van der Waals surface area contributed by atoms with Crippen molar-refractivity contribution in [3.63, 3.8) is 0 Å². The van der Waals surface area contributed by atoms with Crippen LogP contribution in [0.25, 0.3) is 4.96 Å². The number of benzene rings is 1. The fourth-order valence-corrected chi connectivity index (χ4v) is 4.62. The van der Waals surface area contributed by atoms with E-state index in [1.54, 1.807) is 29.2 Å². The summed E-state index contributed by atoms with van der Waals surface area (Å²) in [5.74, 6) is 1.07. The maximum Gasteiger partial charge on any atom is 0.258 e. The molecule has 154 valence electrons. The summed E-state index contributed by atoms with van der Waals surface area (Å²) >= 11 is 15.1. The molecule has 4 aromatic rings. The molecule has 1 amide bonds. The number of hydrogen-bond acceptors (Lipinski definition) is 6. The Bertz CT molecular complexity index is 1270. The van der Waals surface area contributed by atoms with Crippen LogP contribution in [0.1, 0.15) is 11.3 Å². The van der Waals surface area contributed by atoms with E-state index in [0.29, 0.717) is 38.8 Å². The van der Waals surface area contributed by atoms with E-state index < -0.39 is 0 Å². The first kappa shape index (κ1) is 20.9. The molecule has 0 saturated heterocycles. The molecule has 0 aliphatic heterocycles. The second-order valence-corrected chi connectivity index (χ2v) is 8.91. The number of thioether (sulfide) groups is 1. The summed E-state index contributed by atoms with van der Waals surface area (Å²) in [7, 11) is 0. The van der Waals surface area contributed by atoms with Gasteiger partial charge in [0.25, 0.3) is 5.56 Å². The Hall–Kier alpha value is -2.33. The van der Waals surface area contributed by atoms with Gasteiger partial charge in [0.15, 0.2) is 4.96 Å².